The molecule has 2 aliphatic heterocycles. The minimum absolute atomic E-state index is 0.203. The molecule has 122 valence electrons. The second-order valence-corrected chi connectivity index (χ2v) is 6.79. The van der Waals surface area contributed by atoms with Crippen LogP contribution in [0.2, 0.25) is 0 Å². The Balaban J connectivity index is 1.68. The molecule has 3 heterocycles. The van der Waals surface area contributed by atoms with Gasteiger partial charge >= 0.3 is 0 Å². The second kappa shape index (κ2) is 6.36. The number of nitrogens with zero attached hydrogens (tertiary/aromatic N) is 4. The van der Waals surface area contributed by atoms with Crippen LogP contribution in [0.4, 0.5) is 0 Å². The fraction of sp³-hybridized carbons (Fsp3) is 0.812. The quantitative estimate of drug-likeness (QED) is 0.853. The summed E-state index contributed by atoms with van der Waals surface area (Å²) < 4.78 is 5.75. The maximum Gasteiger partial charge on any atom is 0.230 e. The second-order valence-electron chi connectivity index (χ2n) is 6.79. The van der Waals surface area contributed by atoms with E-state index in [-0.39, 0.29) is 11.8 Å². The van der Waals surface area contributed by atoms with E-state index in [0.717, 1.165) is 32.4 Å². The molecule has 3 rings (SSSR count). The summed E-state index contributed by atoms with van der Waals surface area (Å²) in [6.07, 6.45) is 4.56. The molecular formula is C16H26N4O2. The molecule has 1 amide bonds. The lowest BCUT2D eigenvalue weighted by atomic mass is 10.0. The van der Waals surface area contributed by atoms with Crippen molar-refractivity contribution >= 4 is 5.91 Å². The van der Waals surface area contributed by atoms with Crippen LogP contribution in [0.15, 0.2) is 4.42 Å². The number of aromatic nitrogens is 2. The van der Waals surface area contributed by atoms with Crippen molar-refractivity contribution in [1.29, 1.82) is 0 Å². The largest absolute Gasteiger partial charge is 0.424 e. The van der Waals surface area contributed by atoms with Gasteiger partial charge < -0.3 is 9.32 Å². The summed E-state index contributed by atoms with van der Waals surface area (Å²) in [6.45, 7) is 8.45. The highest BCUT2D eigenvalue weighted by atomic mass is 16.4. The summed E-state index contributed by atoms with van der Waals surface area (Å²) in [5.74, 6) is 1.87. The zero-order valence-electron chi connectivity index (χ0n) is 13.8. The average molecular weight is 306 g/mol. The monoisotopic (exact) mass is 306 g/mol. The molecule has 0 aromatic carbocycles. The van der Waals surface area contributed by atoms with Crippen LogP contribution < -0.4 is 0 Å². The van der Waals surface area contributed by atoms with Crippen LogP contribution in [0.25, 0.3) is 0 Å². The third-order valence-corrected chi connectivity index (χ3v) is 4.88. The van der Waals surface area contributed by atoms with E-state index in [2.05, 4.69) is 33.8 Å². The Morgan fingerprint density at radius 1 is 1.23 bits per heavy atom. The summed E-state index contributed by atoms with van der Waals surface area (Å²) in [5.41, 5.74) is 0. The van der Waals surface area contributed by atoms with E-state index >= 15 is 0 Å². The highest BCUT2D eigenvalue weighted by Gasteiger charge is 2.39. The molecule has 6 heteroatoms. The summed E-state index contributed by atoms with van der Waals surface area (Å²) in [6, 6.07) is 0.785. The fourth-order valence-electron chi connectivity index (χ4n) is 3.80. The number of hydrogen-bond donors (Lipinski definition) is 0. The van der Waals surface area contributed by atoms with Gasteiger partial charge in [0.25, 0.3) is 0 Å². The molecule has 2 unspecified atom stereocenters. The minimum atomic E-state index is 0.203. The number of likely N-dealkylation sites (tertiary alicyclic amines) is 2. The average Bonchev–Trinajstić information content (AvgIpc) is 3.17. The third-order valence-electron chi connectivity index (χ3n) is 4.88. The van der Waals surface area contributed by atoms with Crippen molar-refractivity contribution in [2.45, 2.75) is 71.0 Å². The van der Waals surface area contributed by atoms with Crippen LogP contribution >= 0.6 is 0 Å². The van der Waals surface area contributed by atoms with Gasteiger partial charge in [0.1, 0.15) is 0 Å². The third kappa shape index (κ3) is 3.02. The highest BCUT2D eigenvalue weighted by molar-refractivity contribution is 5.74. The van der Waals surface area contributed by atoms with Crippen molar-refractivity contribution in [1.82, 2.24) is 20.0 Å². The summed E-state index contributed by atoms with van der Waals surface area (Å²) in [5, 5.41) is 8.29. The van der Waals surface area contributed by atoms with E-state index < -0.39 is 0 Å². The molecule has 0 bridgehead atoms. The van der Waals surface area contributed by atoms with Gasteiger partial charge in [0.15, 0.2) is 0 Å². The molecule has 0 spiro atoms. The zero-order valence-corrected chi connectivity index (χ0v) is 13.8. The fourth-order valence-corrected chi connectivity index (χ4v) is 3.80. The van der Waals surface area contributed by atoms with Crippen LogP contribution in [0.3, 0.4) is 0 Å². The summed E-state index contributed by atoms with van der Waals surface area (Å²) in [4.78, 5) is 16.3. The molecule has 2 atom stereocenters. The topological polar surface area (TPSA) is 62.5 Å². The van der Waals surface area contributed by atoms with Crippen molar-refractivity contribution in [3.8, 4) is 0 Å². The number of carbonyl (C=O) groups excluding carboxylic acids is 1. The molecule has 2 aliphatic rings. The number of carbonyl (C=O) groups is 1. The van der Waals surface area contributed by atoms with E-state index in [1.54, 1.807) is 6.92 Å². The van der Waals surface area contributed by atoms with Crippen molar-refractivity contribution < 1.29 is 9.21 Å². The predicted molar refractivity (Wildman–Crippen MR) is 82.2 cm³/mol. The summed E-state index contributed by atoms with van der Waals surface area (Å²) >= 11 is 0. The Morgan fingerprint density at radius 3 is 2.64 bits per heavy atom. The molecular weight excluding hydrogens is 280 g/mol. The van der Waals surface area contributed by atoms with Gasteiger partial charge in [0, 0.05) is 31.5 Å². The molecule has 0 N–H and O–H groups in total. The molecule has 0 aliphatic carbocycles. The van der Waals surface area contributed by atoms with Gasteiger partial charge in [0.2, 0.25) is 17.7 Å². The zero-order chi connectivity index (χ0) is 15.7. The summed E-state index contributed by atoms with van der Waals surface area (Å²) in [7, 11) is 0. The van der Waals surface area contributed by atoms with Crippen molar-refractivity contribution in [3.05, 3.63) is 11.8 Å². The lowest BCUT2D eigenvalue weighted by Gasteiger charge is -2.34. The number of rotatable bonds is 4. The Morgan fingerprint density at radius 2 is 1.95 bits per heavy atom. The first kappa shape index (κ1) is 15.5. The molecule has 2 saturated heterocycles. The smallest absolute Gasteiger partial charge is 0.230 e. The molecule has 0 radical (unpaired) electrons. The van der Waals surface area contributed by atoms with Gasteiger partial charge in [-0.05, 0) is 32.2 Å². The molecule has 1 aromatic heterocycles. The van der Waals surface area contributed by atoms with Crippen LogP contribution in [-0.2, 0) is 11.3 Å². The van der Waals surface area contributed by atoms with Crippen LogP contribution in [0.1, 0.15) is 64.2 Å². The van der Waals surface area contributed by atoms with E-state index in [0.29, 0.717) is 30.4 Å². The predicted octanol–water partition coefficient (Wildman–Crippen LogP) is 2.17. The van der Waals surface area contributed by atoms with Crippen molar-refractivity contribution in [3.63, 3.8) is 0 Å². The van der Waals surface area contributed by atoms with Gasteiger partial charge in [-0.2, -0.15) is 0 Å². The van der Waals surface area contributed by atoms with Crippen LogP contribution in [0.5, 0.6) is 0 Å². The highest BCUT2D eigenvalue weighted by Crippen LogP contribution is 2.31. The first-order chi connectivity index (χ1) is 10.6. The van der Waals surface area contributed by atoms with Crippen LogP contribution in [0, 0.1) is 0 Å². The van der Waals surface area contributed by atoms with E-state index in [1.807, 2.05) is 0 Å². The Labute approximate surface area is 131 Å². The number of hydrogen-bond acceptors (Lipinski definition) is 5. The maximum atomic E-state index is 11.8. The lowest BCUT2D eigenvalue weighted by Crippen LogP contribution is -2.47. The Bertz CT molecular complexity index is 528. The molecule has 6 nitrogen and oxygen atoms in total. The SMILES string of the molecule is CC(=O)N1CCCC1C1CCCN1Cc1nnc(C(C)C)o1. The Kier molecular flexibility index (Phi) is 4.47. The van der Waals surface area contributed by atoms with Crippen molar-refractivity contribution in [2.75, 3.05) is 13.1 Å². The normalized spacial score (nSPS) is 26.3. The molecule has 0 saturated carbocycles. The van der Waals surface area contributed by atoms with Gasteiger partial charge in [-0.15, -0.1) is 10.2 Å². The van der Waals surface area contributed by atoms with Gasteiger partial charge in [-0.1, -0.05) is 13.8 Å². The molecule has 22 heavy (non-hydrogen) atoms. The lowest BCUT2D eigenvalue weighted by molar-refractivity contribution is -0.130. The first-order valence-corrected chi connectivity index (χ1v) is 8.40. The first-order valence-electron chi connectivity index (χ1n) is 8.40. The van der Waals surface area contributed by atoms with Gasteiger partial charge in [-0.25, -0.2) is 0 Å². The Hall–Kier alpha value is -1.43. The van der Waals surface area contributed by atoms with E-state index in [4.69, 9.17) is 4.42 Å². The maximum absolute atomic E-state index is 11.8. The van der Waals surface area contributed by atoms with Crippen LogP contribution in [-0.4, -0.2) is 51.1 Å². The van der Waals surface area contributed by atoms with Crippen molar-refractivity contribution in [2.24, 2.45) is 0 Å². The molecule has 2 fully saturated rings. The minimum Gasteiger partial charge on any atom is -0.424 e. The number of amides is 1. The molecule has 1 aromatic rings. The van der Waals surface area contributed by atoms with E-state index in [1.165, 1.54) is 6.42 Å². The van der Waals surface area contributed by atoms with Gasteiger partial charge in [0.05, 0.1) is 6.54 Å². The standard InChI is InChI=1S/C16H26N4O2/c1-11(2)16-18-17-15(22-16)10-19-8-4-6-13(19)14-7-5-9-20(14)12(3)21/h11,13-14H,4-10H2,1-3H3. The van der Waals surface area contributed by atoms with Gasteiger partial charge in [-0.3, -0.25) is 9.69 Å². The van der Waals surface area contributed by atoms with E-state index in [9.17, 15) is 4.79 Å².